The molecular weight excluding hydrogens is 192 g/mol. The molecule has 0 radical (unpaired) electrons. The monoisotopic (exact) mass is 208 g/mol. The zero-order valence-electron chi connectivity index (χ0n) is 8.90. The summed E-state index contributed by atoms with van der Waals surface area (Å²) in [5, 5.41) is 3.30. The molecule has 1 aliphatic heterocycles. The number of pyridine rings is 1. The molecule has 1 fully saturated rings. The Kier molecular flexibility index (Phi) is 3.40. The molecule has 0 aliphatic carbocycles. The van der Waals surface area contributed by atoms with Gasteiger partial charge in [0.05, 0.1) is 13.3 Å². The lowest BCUT2D eigenvalue weighted by atomic mass is 10.1. The van der Waals surface area contributed by atoms with Gasteiger partial charge < -0.3 is 14.8 Å². The quantitative estimate of drug-likeness (QED) is 0.811. The van der Waals surface area contributed by atoms with Crippen LogP contribution in [0.5, 0.6) is 11.6 Å². The van der Waals surface area contributed by atoms with Crippen molar-refractivity contribution in [3.8, 4) is 11.6 Å². The van der Waals surface area contributed by atoms with Gasteiger partial charge in [-0.25, -0.2) is 4.98 Å². The van der Waals surface area contributed by atoms with Crippen LogP contribution in [0.3, 0.4) is 0 Å². The average Bonchev–Trinajstić information content (AvgIpc) is 2.31. The van der Waals surface area contributed by atoms with Crippen LogP contribution < -0.4 is 14.8 Å². The fourth-order valence-corrected chi connectivity index (χ4v) is 1.65. The minimum Gasteiger partial charge on any atom is -0.495 e. The summed E-state index contributed by atoms with van der Waals surface area (Å²) in [6.07, 6.45) is 4.19. The summed E-state index contributed by atoms with van der Waals surface area (Å²) in [6.45, 7) is 2.00. The molecule has 0 bridgehead atoms. The van der Waals surface area contributed by atoms with Gasteiger partial charge in [0, 0.05) is 12.6 Å². The van der Waals surface area contributed by atoms with Gasteiger partial charge in [0.25, 0.3) is 0 Å². The van der Waals surface area contributed by atoms with Gasteiger partial charge in [-0.15, -0.1) is 0 Å². The molecule has 0 amide bonds. The van der Waals surface area contributed by atoms with E-state index in [4.69, 9.17) is 9.47 Å². The highest BCUT2D eigenvalue weighted by molar-refractivity contribution is 5.22. The van der Waals surface area contributed by atoms with E-state index in [2.05, 4.69) is 10.3 Å². The molecule has 1 unspecified atom stereocenters. The zero-order chi connectivity index (χ0) is 10.5. The predicted octanol–water partition coefficient (Wildman–Crippen LogP) is 1.22. The number of ether oxygens (including phenoxy) is 2. The molecule has 1 aromatic rings. The number of nitrogens with one attached hydrogen (secondary N) is 1. The third-order valence-corrected chi connectivity index (χ3v) is 2.48. The van der Waals surface area contributed by atoms with Gasteiger partial charge >= 0.3 is 0 Å². The maximum Gasteiger partial charge on any atom is 0.213 e. The van der Waals surface area contributed by atoms with E-state index in [0.29, 0.717) is 5.88 Å². The first-order chi connectivity index (χ1) is 7.38. The largest absolute Gasteiger partial charge is 0.495 e. The normalized spacial score (nSPS) is 21.0. The van der Waals surface area contributed by atoms with E-state index in [-0.39, 0.29) is 6.10 Å². The highest BCUT2D eigenvalue weighted by Gasteiger charge is 2.14. The summed E-state index contributed by atoms with van der Waals surface area (Å²) in [7, 11) is 1.63. The second kappa shape index (κ2) is 4.98. The standard InChI is InChI=1S/C11H16N2O2/c1-14-9-4-5-11(13-8-9)15-10-3-2-6-12-7-10/h4-5,8,10,12H,2-3,6-7H2,1H3. The number of piperidine rings is 1. The number of rotatable bonds is 3. The molecule has 0 aromatic carbocycles. The molecular formula is C11H16N2O2. The minimum absolute atomic E-state index is 0.250. The molecule has 0 spiro atoms. The number of aromatic nitrogens is 1. The van der Waals surface area contributed by atoms with Gasteiger partial charge in [-0.2, -0.15) is 0 Å². The number of hydrogen-bond acceptors (Lipinski definition) is 4. The zero-order valence-corrected chi connectivity index (χ0v) is 8.90. The first-order valence-corrected chi connectivity index (χ1v) is 5.26. The van der Waals surface area contributed by atoms with Crippen LogP contribution in [0.4, 0.5) is 0 Å². The van der Waals surface area contributed by atoms with Crippen LogP contribution in [0.2, 0.25) is 0 Å². The Balaban J connectivity index is 1.91. The molecule has 1 N–H and O–H groups in total. The first kappa shape index (κ1) is 10.2. The fraction of sp³-hybridized carbons (Fsp3) is 0.545. The van der Waals surface area contributed by atoms with Gasteiger partial charge in [0.15, 0.2) is 0 Å². The molecule has 2 heterocycles. The number of hydrogen-bond donors (Lipinski definition) is 1. The van der Waals surface area contributed by atoms with E-state index in [0.717, 1.165) is 25.3 Å². The van der Waals surface area contributed by atoms with E-state index >= 15 is 0 Å². The highest BCUT2D eigenvalue weighted by atomic mass is 16.5. The summed E-state index contributed by atoms with van der Waals surface area (Å²) < 4.78 is 10.8. The van der Waals surface area contributed by atoms with Gasteiger partial charge in [-0.05, 0) is 25.5 Å². The predicted molar refractivity (Wildman–Crippen MR) is 57.3 cm³/mol. The summed E-state index contributed by atoms with van der Waals surface area (Å²) >= 11 is 0. The maximum atomic E-state index is 5.73. The Bertz CT molecular complexity index is 294. The van der Waals surface area contributed by atoms with Crippen LogP contribution in [-0.4, -0.2) is 31.3 Å². The van der Waals surface area contributed by atoms with Crippen molar-refractivity contribution in [1.82, 2.24) is 10.3 Å². The van der Waals surface area contributed by atoms with Gasteiger partial charge in [-0.1, -0.05) is 0 Å². The Morgan fingerprint density at radius 3 is 3.00 bits per heavy atom. The maximum absolute atomic E-state index is 5.73. The smallest absolute Gasteiger partial charge is 0.213 e. The third kappa shape index (κ3) is 2.83. The Labute approximate surface area is 89.6 Å². The van der Waals surface area contributed by atoms with E-state index in [1.165, 1.54) is 6.42 Å². The van der Waals surface area contributed by atoms with E-state index in [1.807, 2.05) is 12.1 Å². The van der Waals surface area contributed by atoms with Crippen molar-refractivity contribution in [1.29, 1.82) is 0 Å². The SMILES string of the molecule is COc1ccc(OC2CCCNC2)nc1. The van der Waals surface area contributed by atoms with Crippen molar-refractivity contribution < 1.29 is 9.47 Å². The highest BCUT2D eigenvalue weighted by Crippen LogP contribution is 2.16. The second-order valence-electron chi connectivity index (χ2n) is 3.62. The van der Waals surface area contributed by atoms with Crippen LogP contribution >= 0.6 is 0 Å². The van der Waals surface area contributed by atoms with Crippen LogP contribution in [0.15, 0.2) is 18.3 Å². The average molecular weight is 208 g/mol. The third-order valence-electron chi connectivity index (χ3n) is 2.48. The van der Waals surface area contributed by atoms with Gasteiger partial charge in [-0.3, -0.25) is 0 Å². The Hall–Kier alpha value is -1.29. The van der Waals surface area contributed by atoms with Crippen molar-refractivity contribution in [2.24, 2.45) is 0 Å². The molecule has 2 rings (SSSR count). The van der Waals surface area contributed by atoms with Gasteiger partial charge in [0.2, 0.25) is 5.88 Å². The molecule has 82 valence electrons. The lowest BCUT2D eigenvalue weighted by molar-refractivity contribution is 0.160. The Morgan fingerprint density at radius 2 is 2.40 bits per heavy atom. The van der Waals surface area contributed by atoms with Crippen molar-refractivity contribution in [3.63, 3.8) is 0 Å². The van der Waals surface area contributed by atoms with E-state index in [9.17, 15) is 0 Å². The minimum atomic E-state index is 0.250. The first-order valence-electron chi connectivity index (χ1n) is 5.26. The van der Waals surface area contributed by atoms with Crippen molar-refractivity contribution in [2.75, 3.05) is 20.2 Å². The molecule has 0 saturated carbocycles. The molecule has 1 aliphatic rings. The van der Waals surface area contributed by atoms with Gasteiger partial charge in [0.1, 0.15) is 11.9 Å². The molecule has 1 saturated heterocycles. The molecule has 15 heavy (non-hydrogen) atoms. The Morgan fingerprint density at radius 1 is 1.47 bits per heavy atom. The second-order valence-corrected chi connectivity index (χ2v) is 3.62. The van der Waals surface area contributed by atoms with E-state index < -0.39 is 0 Å². The fourth-order valence-electron chi connectivity index (χ4n) is 1.65. The van der Waals surface area contributed by atoms with Crippen LogP contribution in [-0.2, 0) is 0 Å². The van der Waals surface area contributed by atoms with Crippen molar-refractivity contribution in [3.05, 3.63) is 18.3 Å². The van der Waals surface area contributed by atoms with Crippen molar-refractivity contribution in [2.45, 2.75) is 18.9 Å². The summed E-state index contributed by atoms with van der Waals surface area (Å²) in [5.41, 5.74) is 0. The van der Waals surface area contributed by atoms with Crippen LogP contribution in [0.25, 0.3) is 0 Å². The topological polar surface area (TPSA) is 43.4 Å². The molecule has 1 atom stereocenters. The number of nitrogens with zero attached hydrogens (tertiary/aromatic N) is 1. The lowest BCUT2D eigenvalue weighted by Crippen LogP contribution is -2.37. The molecule has 4 nitrogen and oxygen atoms in total. The number of methoxy groups -OCH3 is 1. The molecule has 4 heteroatoms. The van der Waals surface area contributed by atoms with E-state index in [1.54, 1.807) is 13.3 Å². The summed E-state index contributed by atoms with van der Waals surface area (Å²) in [4.78, 5) is 4.17. The molecule has 1 aromatic heterocycles. The lowest BCUT2D eigenvalue weighted by Gasteiger charge is -2.23. The van der Waals surface area contributed by atoms with Crippen molar-refractivity contribution >= 4 is 0 Å². The summed E-state index contributed by atoms with van der Waals surface area (Å²) in [5.74, 6) is 1.42. The van der Waals surface area contributed by atoms with Crippen LogP contribution in [0.1, 0.15) is 12.8 Å². The summed E-state index contributed by atoms with van der Waals surface area (Å²) in [6, 6.07) is 3.70. The van der Waals surface area contributed by atoms with Crippen LogP contribution in [0, 0.1) is 0 Å².